The molecule has 1 amide bonds. The number of nitrogens with one attached hydrogen (secondary N) is 1. The number of nitrogens with zero attached hydrogens (tertiary/aromatic N) is 1. The Labute approximate surface area is 163 Å². The normalized spacial score (nSPS) is 10.6. The fourth-order valence-electron chi connectivity index (χ4n) is 2.48. The van der Waals surface area contributed by atoms with Crippen LogP contribution in [-0.4, -0.2) is 18.0 Å². The molecule has 1 heterocycles. The van der Waals surface area contributed by atoms with E-state index in [0.29, 0.717) is 15.2 Å². The van der Waals surface area contributed by atoms with Crippen LogP contribution in [0.15, 0.2) is 46.3 Å². The first-order valence-corrected chi connectivity index (χ1v) is 9.48. The molecule has 0 atom stereocenters. The second kappa shape index (κ2) is 7.97. The van der Waals surface area contributed by atoms with Crippen molar-refractivity contribution in [3.8, 4) is 17.0 Å². The van der Waals surface area contributed by atoms with Crippen molar-refractivity contribution in [3.05, 3.63) is 63.2 Å². The lowest BCUT2D eigenvalue weighted by Crippen LogP contribution is -2.14. The molecule has 0 aliphatic carbocycles. The summed E-state index contributed by atoms with van der Waals surface area (Å²) in [5.41, 5.74) is 3.44. The van der Waals surface area contributed by atoms with E-state index >= 15 is 0 Å². The molecule has 1 N–H and O–H groups in total. The molecule has 4 nitrogen and oxygen atoms in total. The third kappa shape index (κ3) is 4.28. The van der Waals surface area contributed by atoms with Gasteiger partial charge in [-0.3, -0.25) is 4.79 Å². The Kier molecular flexibility index (Phi) is 5.68. The van der Waals surface area contributed by atoms with Crippen molar-refractivity contribution in [2.45, 2.75) is 13.3 Å². The number of carbonyl (C=O) groups is 1. The van der Waals surface area contributed by atoms with E-state index < -0.39 is 0 Å². The molecule has 0 radical (unpaired) electrons. The quantitative estimate of drug-likeness (QED) is 0.599. The molecule has 1 aromatic heterocycles. The lowest BCUT2D eigenvalue weighted by Gasteiger charge is -2.07. The predicted octanol–water partition coefficient (Wildman–Crippen LogP) is 5.21. The van der Waals surface area contributed by atoms with Crippen molar-refractivity contribution in [1.29, 1.82) is 0 Å². The van der Waals surface area contributed by atoms with E-state index in [4.69, 9.17) is 4.74 Å². The SMILES string of the molecule is COc1ccc(C)cc1-c1csc(NC(=O)Cc2ccc(F)c(Br)c2)n1. The van der Waals surface area contributed by atoms with Crippen LogP contribution in [0.25, 0.3) is 11.3 Å². The first-order valence-electron chi connectivity index (χ1n) is 7.80. The predicted molar refractivity (Wildman–Crippen MR) is 105 cm³/mol. The minimum Gasteiger partial charge on any atom is -0.496 e. The summed E-state index contributed by atoms with van der Waals surface area (Å²) in [7, 11) is 1.62. The van der Waals surface area contributed by atoms with E-state index in [0.717, 1.165) is 22.6 Å². The highest BCUT2D eigenvalue weighted by Gasteiger charge is 2.13. The number of thiazole rings is 1. The average molecular weight is 435 g/mol. The maximum absolute atomic E-state index is 13.3. The van der Waals surface area contributed by atoms with Gasteiger partial charge in [0.15, 0.2) is 5.13 Å². The highest BCUT2D eigenvalue weighted by molar-refractivity contribution is 9.10. The van der Waals surface area contributed by atoms with E-state index in [1.165, 1.54) is 17.4 Å². The van der Waals surface area contributed by atoms with Gasteiger partial charge in [0, 0.05) is 10.9 Å². The summed E-state index contributed by atoms with van der Waals surface area (Å²) >= 11 is 4.47. The topological polar surface area (TPSA) is 51.2 Å². The summed E-state index contributed by atoms with van der Waals surface area (Å²) in [4.78, 5) is 16.7. The van der Waals surface area contributed by atoms with Gasteiger partial charge in [0.05, 0.1) is 23.7 Å². The second-order valence-electron chi connectivity index (χ2n) is 5.72. The zero-order chi connectivity index (χ0) is 18.7. The van der Waals surface area contributed by atoms with Gasteiger partial charge >= 0.3 is 0 Å². The Morgan fingerprint density at radius 2 is 2.12 bits per heavy atom. The number of aryl methyl sites for hydroxylation is 1. The number of halogens is 2. The number of methoxy groups -OCH3 is 1. The van der Waals surface area contributed by atoms with Crippen molar-refractivity contribution in [2.24, 2.45) is 0 Å². The number of rotatable bonds is 5. The summed E-state index contributed by atoms with van der Waals surface area (Å²) < 4.78 is 19.0. The Bertz CT molecular complexity index is 958. The summed E-state index contributed by atoms with van der Waals surface area (Å²) in [6, 6.07) is 10.4. The molecular formula is C19H16BrFN2O2S. The van der Waals surface area contributed by atoms with Crippen LogP contribution in [0.4, 0.5) is 9.52 Å². The maximum Gasteiger partial charge on any atom is 0.230 e. The highest BCUT2D eigenvalue weighted by Crippen LogP contribution is 2.33. The largest absolute Gasteiger partial charge is 0.496 e. The van der Waals surface area contributed by atoms with Gasteiger partial charge in [-0.25, -0.2) is 9.37 Å². The summed E-state index contributed by atoms with van der Waals surface area (Å²) in [5.74, 6) is 0.168. The van der Waals surface area contributed by atoms with Crippen molar-refractivity contribution in [2.75, 3.05) is 12.4 Å². The lowest BCUT2D eigenvalue weighted by molar-refractivity contribution is -0.115. The fraction of sp³-hybridized carbons (Fsp3) is 0.158. The van der Waals surface area contributed by atoms with Gasteiger partial charge in [0.2, 0.25) is 5.91 Å². The Morgan fingerprint density at radius 1 is 1.31 bits per heavy atom. The van der Waals surface area contributed by atoms with Gasteiger partial charge < -0.3 is 10.1 Å². The fourth-order valence-corrected chi connectivity index (χ4v) is 3.63. The van der Waals surface area contributed by atoms with E-state index in [-0.39, 0.29) is 18.1 Å². The number of benzene rings is 2. The first-order chi connectivity index (χ1) is 12.5. The molecule has 0 aliphatic rings. The third-order valence-corrected chi connectivity index (χ3v) is 5.10. The Balaban J connectivity index is 1.73. The van der Waals surface area contributed by atoms with Crippen molar-refractivity contribution >= 4 is 38.3 Å². The molecular weight excluding hydrogens is 419 g/mol. The minimum absolute atomic E-state index is 0.140. The van der Waals surface area contributed by atoms with E-state index in [1.54, 1.807) is 19.2 Å². The van der Waals surface area contributed by atoms with E-state index in [1.807, 2.05) is 30.5 Å². The van der Waals surface area contributed by atoms with E-state index in [2.05, 4.69) is 26.2 Å². The van der Waals surface area contributed by atoms with Crippen molar-refractivity contribution in [3.63, 3.8) is 0 Å². The number of carbonyl (C=O) groups excluding carboxylic acids is 1. The van der Waals surface area contributed by atoms with Gasteiger partial charge in [-0.05, 0) is 52.7 Å². The number of aromatic nitrogens is 1. The van der Waals surface area contributed by atoms with Crippen LogP contribution in [0.5, 0.6) is 5.75 Å². The summed E-state index contributed by atoms with van der Waals surface area (Å²) in [6.07, 6.45) is 0.140. The highest BCUT2D eigenvalue weighted by atomic mass is 79.9. The molecule has 134 valence electrons. The zero-order valence-corrected chi connectivity index (χ0v) is 16.6. The van der Waals surface area contributed by atoms with Crippen LogP contribution in [0.2, 0.25) is 0 Å². The second-order valence-corrected chi connectivity index (χ2v) is 7.43. The number of hydrogen-bond acceptors (Lipinski definition) is 4. The maximum atomic E-state index is 13.3. The third-order valence-electron chi connectivity index (χ3n) is 3.73. The van der Waals surface area contributed by atoms with Gasteiger partial charge in [-0.15, -0.1) is 11.3 Å². The minimum atomic E-state index is -0.356. The first kappa shape index (κ1) is 18.5. The molecule has 0 saturated heterocycles. The van der Waals surface area contributed by atoms with Crippen LogP contribution >= 0.6 is 27.3 Å². The van der Waals surface area contributed by atoms with Crippen LogP contribution in [-0.2, 0) is 11.2 Å². The van der Waals surface area contributed by atoms with Crippen molar-refractivity contribution < 1.29 is 13.9 Å². The van der Waals surface area contributed by atoms with Gasteiger partial charge in [-0.1, -0.05) is 17.7 Å². The Hall–Kier alpha value is -2.25. The molecule has 0 unspecified atom stereocenters. The lowest BCUT2D eigenvalue weighted by atomic mass is 10.1. The smallest absolute Gasteiger partial charge is 0.230 e. The van der Waals surface area contributed by atoms with Gasteiger partial charge in [-0.2, -0.15) is 0 Å². The Morgan fingerprint density at radius 3 is 2.85 bits per heavy atom. The van der Waals surface area contributed by atoms with Gasteiger partial charge in [0.25, 0.3) is 0 Å². The molecule has 0 fully saturated rings. The van der Waals surface area contributed by atoms with Crippen LogP contribution in [0, 0.1) is 12.7 Å². The van der Waals surface area contributed by atoms with Crippen LogP contribution < -0.4 is 10.1 Å². The molecule has 0 bridgehead atoms. The molecule has 3 rings (SSSR count). The molecule has 0 spiro atoms. The number of anilines is 1. The van der Waals surface area contributed by atoms with Crippen LogP contribution in [0.3, 0.4) is 0 Å². The standard InChI is InChI=1S/C19H16BrFN2O2S/c1-11-3-6-17(25-2)13(7-11)16-10-26-19(22-16)23-18(24)9-12-4-5-15(21)14(20)8-12/h3-8,10H,9H2,1-2H3,(H,22,23,24). The molecule has 26 heavy (non-hydrogen) atoms. The summed E-state index contributed by atoms with van der Waals surface area (Å²) in [5, 5.41) is 5.17. The summed E-state index contributed by atoms with van der Waals surface area (Å²) in [6.45, 7) is 2.00. The molecule has 7 heteroatoms. The molecule has 3 aromatic rings. The molecule has 0 aliphatic heterocycles. The van der Waals surface area contributed by atoms with Crippen molar-refractivity contribution in [1.82, 2.24) is 4.98 Å². The molecule has 2 aromatic carbocycles. The zero-order valence-electron chi connectivity index (χ0n) is 14.2. The number of amides is 1. The van der Waals surface area contributed by atoms with Gasteiger partial charge in [0.1, 0.15) is 11.6 Å². The average Bonchev–Trinajstić information content (AvgIpc) is 3.06. The number of hydrogen-bond donors (Lipinski definition) is 1. The number of ether oxygens (including phenoxy) is 1. The molecule has 0 saturated carbocycles. The van der Waals surface area contributed by atoms with Crippen LogP contribution in [0.1, 0.15) is 11.1 Å². The monoisotopic (exact) mass is 434 g/mol. The van der Waals surface area contributed by atoms with E-state index in [9.17, 15) is 9.18 Å².